The van der Waals surface area contributed by atoms with Crippen LogP contribution in [0.2, 0.25) is 0 Å². The van der Waals surface area contributed by atoms with Crippen LogP contribution >= 0.6 is 15.9 Å². The Labute approximate surface area is 189 Å². The van der Waals surface area contributed by atoms with Crippen molar-refractivity contribution in [3.8, 4) is 11.5 Å². The van der Waals surface area contributed by atoms with Gasteiger partial charge in [-0.1, -0.05) is 41.9 Å². The van der Waals surface area contributed by atoms with Crippen molar-refractivity contribution in [3.63, 3.8) is 0 Å². The summed E-state index contributed by atoms with van der Waals surface area (Å²) in [6.07, 6.45) is 1.67. The molecular weight excluding hydrogens is 462 g/mol. The van der Waals surface area contributed by atoms with Crippen molar-refractivity contribution in [2.75, 3.05) is 18.8 Å². The minimum Gasteiger partial charge on any atom is -0.465 e. The van der Waals surface area contributed by atoms with Crippen LogP contribution in [0.1, 0.15) is 37.8 Å². The Bertz CT molecular complexity index is 1130. The molecule has 0 saturated heterocycles. The summed E-state index contributed by atoms with van der Waals surface area (Å²) >= 11 is 3.51. The molecule has 0 spiro atoms. The van der Waals surface area contributed by atoms with Crippen molar-refractivity contribution in [1.29, 1.82) is 0 Å². The average Bonchev–Trinajstić information content (AvgIpc) is 3.29. The van der Waals surface area contributed by atoms with Crippen LogP contribution in [0.3, 0.4) is 0 Å². The molecule has 0 N–H and O–H groups in total. The summed E-state index contributed by atoms with van der Waals surface area (Å²) < 4.78 is 16.5. The molecule has 2 heterocycles. The Balaban J connectivity index is 1.80. The number of benzene rings is 2. The molecule has 0 aromatic heterocycles. The lowest BCUT2D eigenvalue weighted by Gasteiger charge is -2.19. The number of halogens is 1. The Morgan fingerprint density at radius 2 is 1.81 bits per heavy atom. The summed E-state index contributed by atoms with van der Waals surface area (Å²) in [5, 5.41) is 0. The van der Waals surface area contributed by atoms with E-state index in [1.807, 2.05) is 24.3 Å². The van der Waals surface area contributed by atoms with E-state index >= 15 is 0 Å². The number of rotatable bonds is 4. The average molecular weight is 484 g/mol. The number of allylic oxidation sites excluding steroid dienone is 1. The van der Waals surface area contributed by atoms with Gasteiger partial charge in [0.1, 0.15) is 0 Å². The van der Waals surface area contributed by atoms with Crippen molar-refractivity contribution in [3.05, 3.63) is 68.8 Å². The van der Waals surface area contributed by atoms with Crippen LogP contribution in [0.15, 0.2) is 57.7 Å². The smallest absolute Gasteiger partial charge is 0.340 e. The molecule has 0 unspecified atom stereocenters. The SMILES string of the molecule is COC(=O)C1=C(C)N(c2ccc(C(C)C)cc2)C(=O)/C1=C\c1cc2c(cc1Br)OCO2. The molecule has 0 aliphatic carbocycles. The molecule has 1 amide bonds. The molecule has 0 atom stereocenters. The minimum absolute atomic E-state index is 0.146. The lowest BCUT2D eigenvalue weighted by Crippen LogP contribution is -2.24. The van der Waals surface area contributed by atoms with E-state index in [9.17, 15) is 9.59 Å². The predicted octanol–water partition coefficient (Wildman–Crippen LogP) is 5.18. The van der Waals surface area contributed by atoms with Gasteiger partial charge >= 0.3 is 5.97 Å². The first-order chi connectivity index (χ1) is 14.8. The van der Waals surface area contributed by atoms with Gasteiger partial charge in [-0.05, 0) is 54.3 Å². The first-order valence-corrected chi connectivity index (χ1v) is 10.7. The molecule has 6 nitrogen and oxygen atoms in total. The lowest BCUT2D eigenvalue weighted by atomic mass is 10.0. The molecule has 7 heteroatoms. The highest BCUT2D eigenvalue weighted by Gasteiger charge is 2.38. The highest BCUT2D eigenvalue weighted by Crippen LogP contribution is 2.40. The van der Waals surface area contributed by atoms with E-state index < -0.39 is 5.97 Å². The second-order valence-corrected chi connectivity index (χ2v) is 8.48. The van der Waals surface area contributed by atoms with Gasteiger partial charge in [-0.2, -0.15) is 0 Å². The van der Waals surface area contributed by atoms with Crippen LogP contribution in [0.4, 0.5) is 5.69 Å². The molecule has 2 aromatic rings. The molecule has 2 aliphatic rings. The monoisotopic (exact) mass is 483 g/mol. The zero-order valence-electron chi connectivity index (χ0n) is 17.7. The van der Waals surface area contributed by atoms with Gasteiger partial charge in [0.2, 0.25) is 6.79 Å². The third-order valence-electron chi connectivity index (χ3n) is 5.40. The van der Waals surface area contributed by atoms with Crippen molar-refractivity contribution < 1.29 is 23.8 Å². The van der Waals surface area contributed by atoms with Crippen molar-refractivity contribution in [2.24, 2.45) is 0 Å². The summed E-state index contributed by atoms with van der Waals surface area (Å²) in [6, 6.07) is 11.3. The molecule has 160 valence electrons. The molecule has 0 bridgehead atoms. The number of fused-ring (bicyclic) bond motifs is 1. The fraction of sp³-hybridized carbons (Fsp3) is 0.250. The first-order valence-electron chi connectivity index (χ1n) is 9.86. The third-order valence-corrected chi connectivity index (χ3v) is 6.09. The highest BCUT2D eigenvalue weighted by molar-refractivity contribution is 9.10. The molecule has 2 aliphatic heterocycles. The van der Waals surface area contributed by atoms with Crippen LogP contribution in [0.5, 0.6) is 11.5 Å². The zero-order chi connectivity index (χ0) is 22.3. The van der Waals surface area contributed by atoms with E-state index in [4.69, 9.17) is 14.2 Å². The fourth-order valence-electron chi connectivity index (χ4n) is 3.70. The van der Waals surface area contributed by atoms with E-state index in [1.54, 1.807) is 30.0 Å². The number of ether oxygens (including phenoxy) is 3. The summed E-state index contributed by atoms with van der Waals surface area (Å²) in [5.41, 5.74) is 3.59. The number of amides is 1. The zero-order valence-corrected chi connectivity index (χ0v) is 19.3. The van der Waals surface area contributed by atoms with E-state index in [-0.39, 0.29) is 23.8 Å². The van der Waals surface area contributed by atoms with E-state index in [2.05, 4.69) is 29.8 Å². The quantitative estimate of drug-likeness (QED) is 0.442. The first kappa shape index (κ1) is 21.2. The molecule has 4 rings (SSSR count). The number of carbonyl (C=O) groups excluding carboxylic acids is 2. The predicted molar refractivity (Wildman–Crippen MR) is 121 cm³/mol. The lowest BCUT2D eigenvalue weighted by molar-refractivity contribution is -0.136. The van der Waals surface area contributed by atoms with Gasteiger partial charge in [0.05, 0.1) is 18.3 Å². The standard InChI is InChI=1S/C24H22BrNO5/c1-13(2)15-5-7-17(8-6-15)26-14(3)22(24(28)29-4)18(23(26)27)9-16-10-20-21(11-19(16)25)31-12-30-20/h5-11,13H,12H2,1-4H3/b18-9-. The van der Waals surface area contributed by atoms with Crippen molar-refractivity contribution in [2.45, 2.75) is 26.7 Å². The van der Waals surface area contributed by atoms with E-state index in [0.29, 0.717) is 34.4 Å². The van der Waals surface area contributed by atoms with Gasteiger partial charge in [0.15, 0.2) is 11.5 Å². The Morgan fingerprint density at radius 1 is 1.16 bits per heavy atom. The molecule has 0 fully saturated rings. The number of hydrogen-bond acceptors (Lipinski definition) is 5. The Hall–Kier alpha value is -3.06. The molecule has 0 radical (unpaired) electrons. The van der Waals surface area contributed by atoms with Crippen molar-refractivity contribution >= 4 is 39.6 Å². The Kier molecular flexibility index (Phi) is 5.62. The maximum atomic E-state index is 13.5. The van der Waals surface area contributed by atoms with Gasteiger partial charge < -0.3 is 14.2 Å². The number of nitrogens with zero attached hydrogens (tertiary/aromatic N) is 1. The summed E-state index contributed by atoms with van der Waals surface area (Å²) in [5.74, 6) is 0.736. The highest BCUT2D eigenvalue weighted by atomic mass is 79.9. The Morgan fingerprint density at radius 3 is 2.42 bits per heavy atom. The normalized spacial score (nSPS) is 16.6. The minimum atomic E-state index is -0.560. The second kappa shape index (κ2) is 8.23. The number of carbonyl (C=O) groups is 2. The molecular formula is C24H22BrNO5. The molecule has 2 aromatic carbocycles. The number of hydrogen-bond donors (Lipinski definition) is 0. The number of anilines is 1. The van der Waals surface area contributed by atoms with E-state index in [0.717, 1.165) is 4.47 Å². The van der Waals surface area contributed by atoms with Crippen LogP contribution in [-0.4, -0.2) is 25.8 Å². The number of methoxy groups -OCH3 is 1. The number of esters is 1. The summed E-state index contributed by atoms with van der Waals surface area (Å²) in [6.45, 7) is 6.12. The van der Waals surface area contributed by atoms with Gasteiger partial charge in [0.25, 0.3) is 5.91 Å². The van der Waals surface area contributed by atoms with Crippen LogP contribution < -0.4 is 14.4 Å². The fourth-order valence-corrected chi connectivity index (χ4v) is 4.14. The topological polar surface area (TPSA) is 65.1 Å². The maximum Gasteiger partial charge on any atom is 0.340 e. The second-order valence-electron chi connectivity index (χ2n) is 7.62. The van der Waals surface area contributed by atoms with Gasteiger partial charge in [0, 0.05) is 15.9 Å². The van der Waals surface area contributed by atoms with Crippen LogP contribution in [-0.2, 0) is 14.3 Å². The summed E-state index contributed by atoms with van der Waals surface area (Å²) in [7, 11) is 1.31. The molecule has 31 heavy (non-hydrogen) atoms. The van der Waals surface area contributed by atoms with Gasteiger partial charge in [-0.25, -0.2) is 4.79 Å². The van der Waals surface area contributed by atoms with Gasteiger partial charge in [-0.15, -0.1) is 0 Å². The van der Waals surface area contributed by atoms with Crippen LogP contribution in [0.25, 0.3) is 6.08 Å². The van der Waals surface area contributed by atoms with Crippen LogP contribution in [0, 0.1) is 0 Å². The van der Waals surface area contributed by atoms with Gasteiger partial charge in [-0.3, -0.25) is 9.69 Å². The maximum absolute atomic E-state index is 13.5. The largest absolute Gasteiger partial charge is 0.465 e. The van der Waals surface area contributed by atoms with E-state index in [1.165, 1.54) is 12.7 Å². The summed E-state index contributed by atoms with van der Waals surface area (Å²) in [4.78, 5) is 27.6. The van der Waals surface area contributed by atoms with Crippen molar-refractivity contribution in [1.82, 2.24) is 0 Å². The molecule has 0 saturated carbocycles. The third kappa shape index (κ3) is 3.74.